The van der Waals surface area contributed by atoms with Crippen LogP contribution in [0.15, 0.2) is 35.3 Å². The molecule has 1 aromatic carbocycles. The lowest BCUT2D eigenvalue weighted by atomic mass is 10.1. The van der Waals surface area contributed by atoms with Crippen LogP contribution in [0.25, 0.3) is 5.70 Å². The summed E-state index contributed by atoms with van der Waals surface area (Å²) in [6.07, 6.45) is 1.36. The van der Waals surface area contributed by atoms with Gasteiger partial charge < -0.3 is 10.5 Å². The maximum Gasteiger partial charge on any atom is 0.332 e. The smallest absolute Gasteiger partial charge is 0.332 e. The van der Waals surface area contributed by atoms with Crippen molar-refractivity contribution in [2.45, 2.75) is 6.92 Å². The van der Waals surface area contributed by atoms with Crippen LogP contribution < -0.4 is 5.73 Å². The quantitative estimate of drug-likeness (QED) is 0.598. The molecule has 0 unspecified atom stereocenters. The SMILES string of the molecule is CCOC(=O)/C=C1\N=C(N)c2ccccc21. The molecule has 0 aliphatic carbocycles. The minimum Gasteiger partial charge on any atom is -0.463 e. The van der Waals surface area contributed by atoms with Crippen LogP contribution in [0.4, 0.5) is 0 Å². The molecule has 0 saturated carbocycles. The molecule has 1 aliphatic rings. The minimum atomic E-state index is -0.397. The summed E-state index contributed by atoms with van der Waals surface area (Å²) in [5, 5.41) is 0. The van der Waals surface area contributed by atoms with Crippen molar-refractivity contribution in [2.75, 3.05) is 6.61 Å². The molecule has 0 atom stereocenters. The van der Waals surface area contributed by atoms with Crippen molar-refractivity contribution in [2.24, 2.45) is 10.7 Å². The van der Waals surface area contributed by atoms with E-state index in [4.69, 9.17) is 10.5 Å². The molecule has 1 heterocycles. The normalized spacial score (nSPS) is 15.8. The van der Waals surface area contributed by atoms with E-state index in [9.17, 15) is 4.79 Å². The first kappa shape index (κ1) is 10.4. The number of aliphatic imine (C=N–C) groups is 1. The third kappa shape index (κ3) is 1.82. The lowest BCUT2D eigenvalue weighted by Crippen LogP contribution is -2.09. The van der Waals surface area contributed by atoms with E-state index in [1.165, 1.54) is 6.08 Å². The van der Waals surface area contributed by atoms with E-state index in [2.05, 4.69) is 4.99 Å². The van der Waals surface area contributed by atoms with Gasteiger partial charge >= 0.3 is 5.97 Å². The van der Waals surface area contributed by atoms with Gasteiger partial charge in [-0.15, -0.1) is 0 Å². The fourth-order valence-corrected chi connectivity index (χ4v) is 1.59. The number of ether oxygens (including phenoxy) is 1. The number of rotatable bonds is 2. The molecule has 4 heteroatoms. The highest BCUT2D eigenvalue weighted by Crippen LogP contribution is 2.26. The molecule has 1 aromatic rings. The van der Waals surface area contributed by atoms with Crippen LogP contribution in [0.1, 0.15) is 18.1 Å². The minimum absolute atomic E-state index is 0.351. The van der Waals surface area contributed by atoms with Gasteiger partial charge in [-0.2, -0.15) is 0 Å². The molecule has 2 N–H and O–H groups in total. The lowest BCUT2D eigenvalue weighted by Gasteiger charge is -1.99. The van der Waals surface area contributed by atoms with Crippen molar-refractivity contribution in [3.63, 3.8) is 0 Å². The molecular formula is C12H12N2O2. The molecule has 0 aromatic heterocycles. The monoisotopic (exact) mass is 216 g/mol. The summed E-state index contributed by atoms with van der Waals surface area (Å²) in [5.74, 6) is 0.0388. The van der Waals surface area contributed by atoms with Crippen molar-refractivity contribution < 1.29 is 9.53 Å². The predicted molar refractivity (Wildman–Crippen MR) is 61.8 cm³/mol. The molecule has 0 spiro atoms. The third-order valence-corrected chi connectivity index (χ3v) is 2.26. The second kappa shape index (κ2) is 4.18. The molecule has 0 fully saturated rings. The zero-order chi connectivity index (χ0) is 11.5. The summed E-state index contributed by atoms with van der Waals surface area (Å²) >= 11 is 0. The first-order valence-corrected chi connectivity index (χ1v) is 5.04. The number of amidine groups is 1. The summed E-state index contributed by atoms with van der Waals surface area (Å²) in [4.78, 5) is 15.4. The topological polar surface area (TPSA) is 64.7 Å². The molecule has 4 nitrogen and oxygen atoms in total. The van der Waals surface area contributed by atoms with Gasteiger partial charge in [0.05, 0.1) is 12.3 Å². The van der Waals surface area contributed by atoms with Gasteiger partial charge in [0.25, 0.3) is 0 Å². The zero-order valence-electron chi connectivity index (χ0n) is 8.93. The molecule has 0 saturated heterocycles. The van der Waals surface area contributed by atoms with Crippen LogP contribution in [0.5, 0.6) is 0 Å². The second-order valence-corrected chi connectivity index (χ2v) is 3.32. The van der Waals surface area contributed by atoms with Crippen LogP contribution >= 0.6 is 0 Å². The summed E-state index contributed by atoms with van der Waals surface area (Å²) in [5.41, 5.74) is 8.03. The molecular weight excluding hydrogens is 204 g/mol. The van der Waals surface area contributed by atoms with Crippen molar-refractivity contribution >= 4 is 17.5 Å². The fraction of sp³-hybridized carbons (Fsp3) is 0.167. The van der Waals surface area contributed by atoms with Crippen LogP contribution in [0.2, 0.25) is 0 Å². The number of nitrogens with zero attached hydrogens (tertiary/aromatic N) is 1. The molecule has 82 valence electrons. The van der Waals surface area contributed by atoms with E-state index in [0.717, 1.165) is 11.1 Å². The average Bonchev–Trinajstić information content (AvgIpc) is 2.57. The third-order valence-electron chi connectivity index (χ3n) is 2.26. The van der Waals surface area contributed by atoms with Crippen molar-refractivity contribution in [1.82, 2.24) is 0 Å². The summed E-state index contributed by atoms with van der Waals surface area (Å²) in [6.45, 7) is 2.11. The number of carbonyl (C=O) groups excluding carboxylic acids is 1. The fourth-order valence-electron chi connectivity index (χ4n) is 1.59. The Bertz CT molecular complexity index is 490. The Hall–Kier alpha value is -2.10. The van der Waals surface area contributed by atoms with Crippen LogP contribution in [-0.2, 0) is 9.53 Å². The highest BCUT2D eigenvalue weighted by molar-refractivity contribution is 6.11. The molecule has 2 rings (SSSR count). The number of hydrogen-bond acceptors (Lipinski definition) is 4. The van der Waals surface area contributed by atoms with E-state index in [1.807, 2.05) is 24.3 Å². The number of carbonyl (C=O) groups is 1. The predicted octanol–water partition coefficient (Wildman–Crippen LogP) is 1.31. The van der Waals surface area contributed by atoms with Crippen molar-refractivity contribution in [3.05, 3.63) is 41.5 Å². The Morgan fingerprint density at radius 1 is 1.44 bits per heavy atom. The van der Waals surface area contributed by atoms with E-state index >= 15 is 0 Å². The van der Waals surface area contributed by atoms with E-state index in [0.29, 0.717) is 18.1 Å². The van der Waals surface area contributed by atoms with Gasteiger partial charge in [0.15, 0.2) is 0 Å². The molecule has 0 radical (unpaired) electrons. The van der Waals surface area contributed by atoms with Gasteiger partial charge in [0, 0.05) is 17.2 Å². The molecule has 0 amide bonds. The van der Waals surface area contributed by atoms with Crippen LogP contribution in [-0.4, -0.2) is 18.4 Å². The van der Waals surface area contributed by atoms with Crippen LogP contribution in [0.3, 0.4) is 0 Å². The van der Waals surface area contributed by atoms with Gasteiger partial charge in [-0.05, 0) is 6.92 Å². The largest absolute Gasteiger partial charge is 0.463 e. The van der Waals surface area contributed by atoms with Crippen molar-refractivity contribution in [3.8, 4) is 0 Å². The van der Waals surface area contributed by atoms with Gasteiger partial charge in [0.1, 0.15) is 5.84 Å². The maximum absolute atomic E-state index is 11.3. The van der Waals surface area contributed by atoms with Gasteiger partial charge in [0.2, 0.25) is 0 Å². The van der Waals surface area contributed by atoms with Gasteiger partial charge in [-0.3, -0.25) is 0 Å². The van der Waals surface area contributed by atoms with E-state index < -0.39 is 5.97 Å². The van der Waals surface area contributed by atoms with Gasteiger partial charge in [-0.25, -0.2) is 9.79 Å². The first-order chi connectivity index (χ1) is 7.72. The zero-order valence-corrected chi connectivity index (χ0v) is 8.93. The van der Waals surface area contributed by atoms with E-state index in [-0.39, 0.29) is 0 Å². The average molecular weight is 216 g/mol. The van der Waals surface area contributed by atoms with E-state index in [1.54, 1.807) is 6.92 Å². The number of fused-ring (bicyclic) bond motifs is 1. The molecule has 16 heavy (non-hydrogen) atoms. The first-order valence-electron chi connectivity index (χ1n) is 5.04. The van der Waals surface area contributed by atoms with Gasteiger partial charge in [-0.1, -0.05) is 24.3 Å². The number of hydrogen-bond donors (Lipinski definition) is 1. The summed E-state index contributed by atoms with van der Waals surface area (Å²) < 4.78 is 4.83. The lowest BCUT2D eigenvalue weighted by molar-refractivity contribution is -0.137. The highest BCUT2D eigenvalue weighted by Gasteiger charge is 2.18. The number of benzene rings is 1. The molecule has 1 aliphatic heterocycles. The Kier molecular flexibility index (Phi) is 2.72. The standard InChI is InChI=1S/C12H12N2O2/c1-2-16-11(15)7-10-8-5-3-4-6-9(8)12(13)14-10/h3-7H,2H2,1H3,(H2,13,14)/b10-7-. The maximum atomic E-state index is 11.3. The number of esters is 1. The number of nitrogens with two attached hydrogens (primary N) is 1. The Balaban J connectivity index is 2.36. The highest BCUT2D eigenvalue weighted by atomic mass is 16.5. The summed E-state index contributed by atoms with van der Waals surface area (Å²) in [7, 11) is 0. The molecule has 0 bridgehead atoms. The Morgan fingerprint density at radius 3 is 2.81 bits per heavy atom. The Labute approximate surface area is 93.4 Å². The Morgan fingerprint density at radius 2 is 2.12 bits per heavy atom. The summed E-state index contributed by atoms with van der Waals surface area (Å²) in [6, 6.07) is 7.52. The van der Waals surface area contributed by atoms with Crippen molar-refractivity contribution in [1.29, 1.82) is 0 Å². The second-order valence-electron chi connectivity index (χ2n) is 3.32. The van der Waals surface area contributed by atoms with Crippen LogP contribution in [0, 0.1) is 0 Å².